The molecule has 1 heterocycles. The quantitative estimate of drug-likeness (QED) is 0.621. The van der Waals surface area contributed by atoms with Crippen molar-refractivity contribution in [2.75, 3.05) is 6.54 Å². The number of rotatable bonds is 8. The lowest BCUT2D eigenvalue weighted by Crippen LogP contribution is -2.35. The number of thiazole rings is 1. The van der Waals surface area contributed by atoms with Crippen LogP contribution in [-0.4, -0.2) is 22.3 Å². The number of benzene rings is 1. The fraction of sp³-hybridized carbons (Fsp3) is 0.545. The molecule has 27 heavy (non-hydrogen) atoms. The molecule has 1 aliphatic carbocycles. The van der Waals surface area contributed by atoms with E-state index in [-0.39, 0.29) is 5.92 Å². The molecule has 5 heteroatoms. The summed E-state index contributed by atoms with van der Waals surface area (Å²) in [4.78, 5) is 19.5. The molecule has 0 spiro atoms. The Hall–Kier alpha value is -1.88. The molecule has 1 aliphatic rings. The van der Waals surface area contributed by atoms with Gasteiger partial charge in [-0.3, -0.25) is 4.79 Å². The van der Waals surface area contributed by atoms with Gasteiger partial charge in [-0.15, -0.1) is 11.3 Å². The molecule has 1 amide bonds. The van der Waals surface area contributed by atoms with Gasteiger partial charge in [-0.2, -0.15) is 0 Å². The third kappa shape index (κ3) is 5.10. The number of aromatic nitrogens is 1. The largest absolute Gasteiger partial charge is 0.486 e. The number of amides is 1. The molecule has 3 rings (SSSR count). The normalized spacial score (nSPS) is 14.5. The summed E-state index contributed by atoms with van der Waals surface area (Å²) < 4.78 is 5.97. The van der Waals surface area contributed by atoms with Gasteiger partial charge < -0.3 is 9.64 Å². The second-order valence-corrected chi connectivity index (χ2v) is 8.40. The first-order chi connectivity index (χ1) is 13.1. The summed E-state index contributed by atoms with van der Waals surface area (Å²) in [5.74, 6) is 1.45. The smallest absolute Gasteiger partial charge is 0.226 e. The minimum atomic E-state index is 0.224. The summed E-state index contributed by atoms with van der Waals surface area (Å²) in [6.07, 6.45) is 5.45. The highest BCUT2D eigenvalue weighted by atomic mass is 32.1. The highest BCUT2D eigenvalue weighted by Gasteiger charge is 2.27. The van der Waals surface area contributed by atoms with Crippen LogP contribution in [0, 0.1) is 19.8 Å². The van der Waals surface area contributed by atoms with Crippen molar-refractivity contribution in [2.45, 2.75) is 66.0 Å². The Morgan fingerprint density at radius 1 is 1.30 bits per heavy atom. The van der Waals surface area contributed by atoms with Gasteiger partial charge in [-0.05, 0) is 50.3 Å². The van der Waals surface area contributed by atoms with Gasteiger partial charge in [0.2, 0.25) is 5.91 Å². The second kappa shape index (κ2) is 9.36. The van der Waals surface area contributed by atoms with Crippen LogP contribution in [0.1, 0.15) is 60.9 Å². The third-order valence-corrected chi connectivity index (χ3v) is 6.24. The Morgan fingerprint density at radius 3 is 2.81 bits per heavy atom. The molecule has 2 aromatic rings. The summed E-state index contributed by atoms with van der Waals surface area (Å²) in [6, 6.07) is 6.11. The lowest BCUT2D eigenvalue weighted by molar-refractivity contribution is -0.136. The van der Waals surface area contributed by atoms with E-state index in [1.165, 1.54) is 24.0 Å². The molecule has 4 nitrogen and oxygen atoms in total. The van der Waals surface area contributed by atoms with Crippen LogP contribution in [0.15, 0.2) is 23.6 Å². The SMILES string of the molecule is CCCN(Cc1csc(COc2cccc(C)c2C)n1)C(=O)C1CCCC1. The highest BCUT2D eigenvalue weighted by Crippen LogP contribution is 2.27. The molecule has 0 atom stereocenters. The molecular weight excluding hydrogens is 356 g/mol. The second-order valence-electron chi connectivity index (χ2n) is 7.46. The molecule has 0 radical (unpaired) electrons. The number of carbonyl (C=O) groups excluding carboxylic acids is 1. The monoisotopic (exact) mass is 386 g/mol. The molecule has 1 fully saturated rings. The molecule has 0 bridgehead atoms. The number of nitrogens with zero attached hydrogens (tertiary/aromatic N) is 2. The predicted octanol–water partition coefficient (Wildman–Crippen LogP) is 5.27. The number of carbonyl (C=O) groups is 1. The van der Waals surface area contributed by atoms with Gasteiger partial charge in [-0.25, -0.2) is 4.98 Å². The first-order valence-electron chi connectivity index (χ1n) is 9.99. The van der Waals surface area contributed by atoms with E-state index in [9.17, 15) is 4.79 Å². The Kier molecular flexibility index (Phi) is 6.89. The van der Waals surface area contributed by atoms with Crippen LogP contribution >= 0.6 is 11.3 Å². The van der Waals surface area contributed by atoms with Crippen molar-refractivity contribution in [3.05, 3.63) is 45.4 Å². The molecule has 146 valence electrons. The Morgan fingerprint density at radius 2 is 2.07 bits per heavy atom. The third-order valence-electron chi connectivity index (χ3n) is 5.37. The van der Waals surface area contributed by atoms with E-state index >= 15 is 0 Å². The number of ether oxygens (including phenoxy) is 1. The van der Waals surface area contributed by atoms with Crippen molar-refractivity contribution in [2.24, 2.45) is 5.92 Å². The van der Waals surface area contributed by atoms with E-state index in [4.69, 9.17) is 9.72 Å². The molecule has 1 aromatic heterocycles. The van der Waals surface area contributed by atoms with Crippen molar-refractivity contribution < 1.29 is 9.53 Å². The standard InChI is InChI=1S/C22H30N2O2S/c1-4-12-24(22(25)18-9-5-6-10-18)13-19-15-27-21(23-19)14-26-20-11-7-8-16(2)17(20)3/h7-8,11,15,18H,4-6,9-10,12-14H2,1-3H3. The minimum Gasteiger partial charge on any atom is -0.486 e. The van der Waals surface area contributed by atoms with Gasteiger partial charge >= 0.3 is 0 Å². The summed E-state index contributed by atoms with van der Waals surface area (Å²) >= 11 is 1.61. The van der Waals surface area contributed by atoms with Crippen molar-refractivity contribution in [1.82, 2.24) is 9.88 Å². The van der Waals surface area contributed by atoms with Crippen LogP contribution in [-0.2, 0) is 17.9 Å². The fourth-order valence-corrected chi connectivity index (χ4v) is 4.37. The minimum absolute atomic E-state index is 0.224. The number of aryl methyl sites for hydroxylation is 1. The van der Waals surface area contributed by atoms with E-state index in [1.807, 2.05) is 17.0 Å². The zero-order valence-electron chi connectivity index (χ0n) is 16.7. The lowest BCUT2D eigenvalue weighted by Gasteiger charge is -2.24. The van der Waals surface area contributed by atoms with E-state index in [0.29, 0.717) is 19.1 Å². The van der Waals surface area contributed by atoms with Crippen LogP contribution in [0.3, 0.4) is 0 Å². The average Bonchev–Trinajstić information content (AvgIpc) is 3.34. The average molecular weight is 387 g/mol. The van der Waals surface area contributed by atoms with Crippen LogP contribution < -0.4 is 4.74 Å². The van der Waals surface area contributed by atoms with E-state index in [2.05, 4.69) is 32.2 Å². The maximum atomic E-state index is 12.8. The Balaban J connectivity index is 1.60. The molecule has 0 aliphatic heterocycles. The van der Waals surface area contributed by atoms with Gasteiger partial charge in [0, 0.05) is 17.8 Å². The van der Waals surface area contributed by atoms with Gasteiger partial charge in [-0.1, -0.05) is 31.9 Å². The zero-order chi connectivity index (χ0) is 19.2. The van der Waals surface area contributed by atoms with Crippen molar-refractivity contribution in [1.29, 1.82) is 0 Å². The summed E-state index contributed by atoms with van der Waals surface area (Å²) in [7, 11) is 0. The molecule has 1 aromatic carbocycles. The molecular formula is C22H30N2O2S. The maximum absolute atomic E-state index is 12.8. The van der Waals surface area contributed by atoms with Gasteiger partial charge in [0.1, 0.15) is 17.4 Å². The van der Waals surface area contributed by atoms with Crippen molar-refractivity contribution >= 4 is 17.2 Å². The predicted molar refractivity (Wildman–Crippen MR) is 110 cm³/mol. The first-order valence-corrected chi connectivity index (χ1v) is 10.9. The lowest BCUT2D eigenvalue weighted by atomic mass is 10.1. The van der Waals surface area contributed by atoms with Gasteiger partial charge in [0.05, 0.1) is 12.2 Å². The summed E-state index contributed by atoms with van der Waals surface area (Å²) in [5, 5.41) is 3.02. The van der Waals surface area contributed by atoms with Crippen LogP contribution in [0.2, 0.25) is 0 Å². The van der Waals surface area contributed by atoms with E-state index in [1.54, 1.807) is 11.3 Å². The number of hydrogen-bond donors (Lipinski definition) is 0. The molecule has 0 unspecified atom stereocenters. The van der Waals surface area contributed by atoms with Gasteiger partial charge in [0.15, 0.2) is 0 Å². The van der Waals surface area contributed by atoms with E-state index in [0.717, 1.165) is 42.3 Å². The van der Waals surface area contributed by atoms with Gasteiger partial charge in [0.25, 0.3) is 0 Å². The summed E-state index contributed by atoms with van der Waals surface area (Å²) in [5.41, 5.74) is 3.37. The topological polar surface area (TPSA) is 42.4 Å². The molecule has 0 saturated heterocycles. The zero-order valence-corrected chi connectivity index (χ0v) is 17.5. The highest BCUT2D eigenvalue weighted by molar-refractivity contribution is 7.09. The van der Waals surface area contributed by atoms with E-state index < -0.39 is 0 Å². The summed E-state index contributed by atoms with van der Waals surface area (Å²) in [6.45, 7) is 8.19. The van der Waals surface area contributed by atoms with Crippen molar-refractivity contribution in [3.8, 4) is 5.75 Å². The maximum Gasteiger partial charge on any atom is 0.226 e. The molecule has 0 N–H and O–H groups in total. The Bertz CT molecular complexity index is 765. The van der Waals surface area contributed by atoms with Crippen LogP contribution in [0.4, 0.5) is 0 Å². The number of hydrogen-bond acceptors (Lipinski definition) is 4. The van der Waals surface area contributed by atoms with Crippen molar-refractivity contribution in [3.63, 3.8) is 0 Å². The van der Waals surface area contributed by atoms with Crippen LogP contribution in [0.5, 0.6) is 5.75 Å². The fourth-order valence-electron chi connectivity index (χ4n) is 3.67. The van der Waals surface area contributed by atoms with Crippen LogP contribution in [0.25, 0.3) is 0 Å². The first kappa shape index (κ1) is 19.9. The Labute approximate surface area is 166 Å². The molecule has 1 saturated carbocycles.